The Bertz CT molecular complexity index is 1300. The zero-order valence-corrected chi connectivity index (χ0v) is 16.6. The van der Waals surface area contributed by atoms with Gasteiger partial charge in [0, 0.05) is 35.2 Å². The Balaban J connectivity index is 1.46. The van der Waals surface area contributed by atoms with E-state index in [9.17, 15) is 13.6 Å². The number of carbonyl (C=O) groups is 1. The zero-order valence-electron chi connectivity index (χ0n) is 16.6. The lowest BCUT2D eigenvalue weighted by molar-refractivity contribution is 0.0974. The number of halogens is 2. The van der Waals surface area contributed by atoms with Crippen LogP contribution in [0.5, 0.6) is 0 Å². The van der Waals surface area contributed by atoms with Gasteiger partial charge in [-0.05, 0) is 42.8 Å². The third kappa shape index (κ3) is 3.58. The molecule has 3 aromatic heterocycles. The van der Waals surface area contributed by atoms with E-state index in [0.717, 1.165) is 22.2 Å². The maximum absolute atomic E-state index is 14.5. The molecule has 0 saturated carbocycles. The molecule has 1 aliphatic heterocycles. The maximum Gasteiger partial charge on any atom is 0.322 e. The number of benzene rings is 1. The van der Waals surface area contributed by atoms with Crippen LogP contribution in [0.25, 0.3) is 28.0 Å². The second kappa shape index (κ2) is 7.42. The van der Waals surface area contributed by atoms with E-state index < -0.39 is 18.0 Å². The maximum atomic E-state index is 14.5. The lowest BCUT2D eigenvalue weighted by Crippen LogP contribution is -2.53. The molecule has 5 rings (SSSR count). The summed E-state index contributed by atoms with van der Waals surface area (Å²) in [4.78, 5) is 22.3. The summed E-state index contributed by atoms with van der Waals surface area (Å²) in [5.41, 5.74) is 3.70. The molecule has 1 aliphatic rings. The molecule has 1 aromatic carbocycles. The van der Waals surface area contributed by atoms with Crippen molar-refractivity contribution >= 4 is 22.8 Å². The summed E-state index contributed by atoms with van der Waals surface area (Å²) < 4.78 is 28.9. The van der Waals surface area contributed by atoms with E-state index in [0.29, 0.717) is 11.3 Å². The van der Waals surface area contributed by atoms with E-state index in [2.05, 4.69) is 20.4 Å². The van der Waals surface area contributed by atoms with Crippen LogP contribution < -0.4 is 5.32 Å². The number of aromatic nitrogens is 4. The molecule has 1 saturated heterocycles. The van der Waals surface area contributed by atoms with E-state index in [1.165, 1.54) is 27.8 Å². The van der Waals surface area contributed by atoms with Crippen molar-refractivity contribution in [3.8, 4) is 16.9 Å². The quantitative estimate of drug-likeness (QED) is 0.541. The number of rotatable bonds is 3. The molecule has 2 amide bonds. The average Bonchev–Trinajstić information content (AvgIpc) is 3.16. The highest BCUT2D eigenvalue weighted by Crippen LogP contribution is 2.25. The first-order chi connectivity index (χ1) is 15.0. The Morgan fingerprint density at radius 3 is 2.81 bits per heavy atom. The number of fused-ring (bicyclic) bond motifs is 1. The minimum absolute atomic E-state index is 0.0637. The number of carbonyl (C=O) groups excluding carboxylic acids is 1. The molecule has 0 bridgehead atoms. The Labute approximate surface area is 176 Å². The van der Waals surface area contributed by atoms with Gasteiger partial charge in [-0.1, -0.05) is 6.07 Å². The van der Waals surface area contributed by atoms with Gasteiger partial charge in [0.2, 0.25) is 0 Å². The summed E-state index contributed by atoms with van der Waals surface area (Å²) in [6, 6.07) is 9.51. The Kier molecular flexibility index (Phi) is 4.58. The third-order valence-electron chi connectivity index (χ3n) is 5.21. The Morgan fingerprint density at radius 2 is 2.03 bits per heavy atom. The molecule has 1 fully saturated rings. The largest absolute Gasteiger partial charge is 0.322 e. The van der Waals surface area contributed by atoms with Crippen molar-refractivity contribution in [2.75, 3.05) is 18.4 Å². The number of pyridine rings is 2. The van der Waals surface area contributed by atoms with Crippen LogP contribution in [0.4, 0.5) is 19.3 Å². The van der Waals surface area contributed by atoms with Crippen molar-refractivity contribution in [1.82, 2.24) is 24.6 Å². The first-order valence-electron chi connectivity index (χ1n) is 9.75. The fourth-order valence-electron chi connectivity index (χ4n) is 3.52. The lowest BCUT2D eigenvalue weighted by atomic mass is 10.1. The molecule has 0 unspecified atom stereocenters. The van der Waals surface area contributed by atoms with Crippen molar-refractivity contribution in [2.45, 2.75) is 13.1 Å². The molecule has 0 spiro atoms. The average molecular weight is 420 g/mol. The lowest BCUT2D eigenvalue weighted by Gasteiger charge is -2.34. The minimum Gasteiger partial charge on any atom is -0.319 e. The molecular formula is C22H18F2N6O. The van der Waals surface area contributed by atoms with Gasteiger partial charge in [-0.15, -0.1) is 5.10 Å². The van der Waals surface area contributed by atoms with Crippen LogP contribution in [0.1, 0.15) is 5.56 Å². The molecule has 31 heavy (non-hydrogen) atoms. The number of urea groups is 1. The van der Waals surface area contributed by atoms with Crippen molar-refractivity contribution in [1.29, 1.82) is 0 Å². The third-order valence-corrected chi connectivity index (χ3v) is 5.21. The number of likely N-dealkylation sites (tertiary alicyclic amines) is 1. The van der Waals surface area contributed by atoms with Crippen LogP contribution in [0.2, 0.25) is 0 Å². The van der Waals surface area contributed by atoms with Gasteiger partial charge in [0.25, 0.3) is 0 Å². The van der Waals surface area contributed by atoms with Gasteiger partial charge in [-0.3, -0.25) is 4.98 Å². The van der Waals surface area contributed by atoms with Crippen molar-refractivity contribution < 1.29 is 13.6 Å². The van der Waals surface area contributed by atoms with Crippen LogP contribution in [0.15, 0.2) is 55.0 Å². The molecule has 4 aromatic rings. The van der Waals surface area contributed by atoms with E-state index >= 15 is 0 Å². The summed E-state index contributed by atoms with van der Waals surface area (Å²) in [5, 5.41) is 7.75. The Morgan fingerprint density at radius 1 is 1.19 bits per heavy atom. The van der Waals surface area contributed by atoms with E-state index in [4.69, 9.17) is 0 Å². The van der Waals surface area contributed by atoms with Crippen molar-refractivity contribution in [3.05, 3.63) is 66.4 Å². The SMILES string of the molecule is Cc1cccnc1-c1cnc2nn(-c3cc(NC(=O)N4CC(F)C4)ccc3F)cc2c1. The Hall–Kier alpha value is -3.88. The summed E-state index contributed by atoms with van der Waals surface area (Å²) in [5.74, 6) is -0.501. The predicted molar refractivity (Wildman–Crippen MR) is 112 cm³/mol. The summed E-state index contributed by atoms with van der Waals surface area (Å²) >= 11 is 0. The number of anilines is 1. The van der Waals surface area contributed by atoms with Crippen LogP contribution in [-0.2, 0) is 0 Å². The molecule has 1 N–H and O–H groups in total. The molecule has 9 heteroatoms. The topological polar surface area (TPSA) is 75.9 Å². The minimum atomic E-state index is -0.988. The molecular weight excluding hydrogens is 402 g/mol. The van der Waals surface area contributed by atoms with E-state index in [-0.39, 0.29) is 18.8 Å². The monoisotopic (exact) mass is 420 g/mol. The first-order valence-corrected chi connectivity index (χ1v) is 9.75. The first kappa shape index (κ1) is 19.1. The smallest absolute Gasteiger partial charge is 0.319 e. The molecule has 0 radical (unpaired) electrons. The molecule has 4 heterocycles. The summed E-state index contributed by atoms with van der Waals surface area (Å²) in [7, 11) is 0. The summed E-state index contributed by atoms with van der Waals surface area (Å²) in [6.45, 7) is 2.10. The second-order valence-corrected chi connectivity index (χ2v) is 7.48. The second-order valence-electron chi connectivity index (χ2n) is 7.48. The highest BCUT2D eigenvalue weighted by Gasteiger charge is 2.30. The fraction of sp³-hybridized carbons (Fsp3) is 0.182. The van der Waals surface area contributed by atoms with Crippen molar-refractivity contribution in [3.63, 3.8) is 0 Å². The van der Waals surface area contributed by atoms with Gasteiger partial charge in [0.05, 0.1) is 18.8 Å². The number of amides is 2. The van der Waals surface area contributed by atoms with Crippen LogP contribution >= 0.6 is 0 Å². The number of hydrogen-bond donors (Lipinski definition) is 1. The van der Waals surface area contributed by atoms with Gasteiger partial charge in [0.15, 0.2) is 5.65 Å². The van der Waals surface area contributed by atoms with E-state index in [1.807, 2.05) is 25.1 Å². The zero-order chi connectivity index (χ0) is 21.5. The van der Waals surface area contributed by atoms with Crippen LogP contribution in [-0.4, -0.2) is 49.9 Å². The number of nitrogens with zero attached hydrogens (tertiary/aromatic N) is 5. The number of alkyl halides is 1. The standard InChI is InChI=1S/C22H18F2N6O/c1-13-3-2-6-25-20(13)14-7-15-10-30(28-21(15)26-9-14)19-8-17(4-5-18(19)24)27-22(31)29-11-16(23)12-29/h2-10,16H,11-12H2,1H3,(H,27,31). The normalized spacial score (nSPS) is 14.0. The molecule has 7 nitrogen and oxygen atoms in total. The van der Waals surface area contributed by atoms with Gasteiger partial charge in [-0.2, -0.15) is 0 Å². The molecule has 156 valence electrons. The summed E-state index contributed by atoms with van der Waals surface area (Å²) in [6.07, 6.45) is 4.10. The predicted octanol–water partition coefficient (Wildman–Crippen LogP) is 4.12. The highest BCUT2D eigenvalue weighted by molar-refractivity contribution is 5.90. The molecule has 0 aliphatic carbocycles. The van der Waals surface area contributed by atoms with Crippen LogP contribution in [0, 0.1) is 12.7 Å². The fourth-order valence-corrected chi connectivity index (χ4v) is 3.52. The number of nitrogens with one attached hydrogen (secondary N) is 1. The van der Waals surface area contributed by atoms with Gasteiger partial charge >= 0.3 is 6.03 Å². The van der Waals surface area contributed by atoms with Crippen molar-refractivity contribution in [2.24, 2.45) is 0 Å². The number of aryl methyl sites for hydroxylation is 1. The van der Waals surface area contributed by atoms with Gasteiger partial charge < -0.3 is 10.2 Å². The van der Waals surface area contributed by atoms with Gasteiger partial charge in [0.1, 0.15) is 17.7 Å². The molecule has 0 atom stereocenters. The highest BCUT2D eigenvalue weighted by atomic mass is 19.1. The number of hydrogen-bond acceptors (Lipinski definition) is 4. The van der Waals surface area contributed by atoms with Gasteiger partial charge in [-0.25, -0.2) is 23.2 Å². The van der Waals surface area contributed by atoms with E-state index in [1.54, 1.807) is 18.6 Å². The van der Waals surface area contributed by atoms with Crippen LogP contribution in [0.3, 0.4) is 0 Å².